The van der Waals surface area contributed by atoms with E-state index in [1.807, 2.05) is 50.8 Å². The van der Waals surface area contributed by atoms with E-state index in [9.17, 15) is 27.6 Å². The van der Waals surface area contributed by atoms with E-state index >= 15 is 0 Å². The Hall–Kier alpha value is -3.35. The molecule has 14 heteroatoms. The van der Waals surface area contributed by atoms with Crippen LogP contribution in [0.2, 0.25) is 10.0 Å². The van der Waals surface area contributed by atoms with Crippen LogP contribution in [0.5, 0.6) is 0 Å². The van der Waals surface area contributed by atoms with Crippen LogP contribution < -0.4 is 16.4 Å². The van der Waals surface area contributed by atoms with E-state index in [0.29, 0.717) is 48.3 Å². The molecule has 0 aliphatic carbocycles. The first-order chi connectivity index (χ1) is 23.2. The zero-order valence-electron chi connectivity index (χ0n) is 29.1. The number of carbonyl (C=O) groups is 4. The van der Waals surface area contributed by atoms with Crippen LogP contribution in [-0.2, 0) is 25.6 Å². The highest BCUT2D eigenvalue weighted by Crippen LogP contribution is 2.26. The largest absolute Gasteiger partial charge is 0.490 e. The lowest BCUT2D eigenvalue weighted by molar-refractivity contribution is -0.368. The summed E-state index contributed by atoms with van der Waals surface area (Å²) in [6, 6.07) is 4.72. The molecule has 0 saturated carbocycles. The lowest BCUT2D eigenvalue weighted by Crippen LogP contribution is -2.52. The van der Waals surface area contributed by atoms with E-state index in [4.69, 9.17) is 33.1 Å². The second-order valence-corrected chi connectivity index (χ2v) is 11.5. The van der Waals surface area contributed by atoms with Gasteiger partial charge in [0.05, 0.1) is 16.6 Å². The van der Waals surface area contributed by atoms with Crippen LogP contribution in [0, 0.1) is 5.92 Å². The fraction of sp³-hybridized carbons (Fsp3) is 0.543. The Morgan fingerprint density at radius 1 is 1.16 bits per heavy atom. The van der Waals surface area contributed by atoms with Crippen molar-refractivity contribution in [2.75, 3.05) is 26.2 Å². The normalized spacial score (nSPS) is 14.9. The number of amides is 3. The van der Waals surface area contributed by atoms with Crippen molar-refractivity contribution in [3.8, 4) is 0 Å². The molecule has 49 heavy (non-hydrogen) atoms. The van der Waals surface area contributed by atoms with Crippen LogP contribution in [0.3, 0.4) is 0 Å². The lowest BCUT2D eigenvalue weighted by Gasteiger charge is -2.35. The summed E-state index contributed by atoms with van der Waals surface area (Å²) in [6.07, 6.45) is 10.0. The van der Waals surface area contributed by atoms with Crippen LogP contribution in [0.25, 0.3) is 0 Å². The molecule has 1 aliphatic rings. The van der Waals surface area contributed by atoms with Gasteiger partial charge in [-0.2, -0.15) is 13.2 Å². The summed E-state index contributed by atoms with van der Waals surface area (Å²) in [6.45, 7) is 14.7. The van der Waals surface area contributed by atoms with E-state index in [1.165, 1.54) is 5.57 Å². The summed E-state index contributed by atoms with van der Waals surface area (Å²) < 4.78 is 31.7. The monoisotopic (exact) mass is 737 g/mol. The predicted octanol–water partition coefficient (Wildman–Crippen LogP) is 6.55. The molecular weight excluding hydrogens is 684 g/mol. The summed E-state index contributed by atoms with van der Waals surface area (Å²) in [5, 5.41) is 13.5. The molecule has 2 unspecified atom stereocenters. The summed E-state index contributed by atoms with van der Waals surface area (Å²) in [5.41, 5.74) is 5.93. The number of nitrogens with one attached hydrogen (secondary N) is 2. The van der Waals surface area contributed by atoms with E-state index in [-0.39, 0.29) is 11.8 Å². The Morgan fingerprint density at radius 2 is 1.82 bits per heavy atom. The molecule has 1 fully saturated rings. The van der Waals surface area contributed by atoms with Crippen LogP contribution in [0.1, 0.15) is 78.2 Å². The Bertz CT molecular complexity index is 1200. The van der Waals surface area contributed by atoms with E-state index in [0.717, 1.165) is 57.2 Å². The summed E-state index contributed by atoms with van der Waals surface area (Å²) in [4.78, 5) is 46.5. The molecule has 2 rings (SSSR count). The number of nitrogens with zero attached hydrogens (tertiary/aromatic N) is 1. The third-order valence-corrected chi connectivity index (χ3v) is 7.55. The molecule has 0 bridgehead atoms. The number of halogens is 5. The summed E-state index contributed by atoms with van der Waals surface area (Å²) in [7, 11) is 0. The zero-order valence-corrected chi connectivity index (χ0v) is 30.6. The SMILES string of the molecule is C=C/C=C(\C=C/C)CC1CCCN(C(=O)C(Cc2ccc(Cl)c(Cl)c2)NC(=O)CCCCC[NH3+])C1.CC.CCNC=O.O=C(O)C(F)(F)F. The molecule has 0 radical (unpaired) electrons. The average molecular weight is 739 g/mol. The third-order valence-electron chi connectivity index (χ3n) is 6.81. The number of carbonyl (C=O) groups excluding carboxylic acids is 3. The van der Waals surface area contributed by atoms with E-state index in [2.05, 4.69) is 29.0 Å². The maximum atomic E-state index is 13.6. The molecule has 0 aromatic heterocycles. The van der Waals surface area contributed by atoms with E-state index in [1.54, 1.807) is 18.2 Å². The van der Waals surface area contributed by atoms with Gasteiger partial charge in [0.15, 0.2) is 0 Å². The maximum Gasteiger partial charge on any atom is 0.490 e. The molecular formula is C35H54Cl2F3N4O5+. The fourth-order valence-corrected chi connectivity index (χ4v) is 4.95. The molecule has 1 aromatic rings. The van der Waals surface area contributed by atoms with Gasteiger partial charge in [-0.25, -0.2) is 4.79 Å². The Morgan fingerprint density at radius 3 is 2.31 bits per heavy atom. The number of aliphatic carboxylic acids is 1. The van der Waals surface area contributed by atoms with Crippen molar-refractivity contribution in [1.29, 1.82) is 0 Å². The molecule has 2 atom stereocenters. The van der Waals surface area contributed by atoms with Gasteiger partial charge in [-0.1, -0.05) is 74.0 Å². The minimum atomic E-state index is -5.08. The highest BCUT2D eigenvalue weighted by atomic mass is 35.5. The van der Waals surface area contributed by atoms with Crippen molar-refractivity contribution >= 4 is 47.4 Å². The minimum Gasteiger partial charge on any atom is -0.475 e. The number of allylic oxidation sites excluding steroid dienone is 5. The number of unbranched alkanes of at least 4 members (excludes halogenated alkanes) is 2. The van der Waals surface area contributed by atoms with Crippen molar-refractivity contribution in [2.45, 2.75) is 91.3 Å². The molecule has 278 valence electrons. The quantitative estimate of drug-likeness (QED) is 0.0917. The fourth-order valence-electron chi connectivity index (χ4n) is 4.63. The van der Waals surface area contributed by atoms with Crippen LogP contribution in [0.15, 0.2) is 54.7 Å². The second-order valence-electron chi connectivity index (χ2n) is 10.7. The number of carboxylic acid groups (broad SMARTS) is 1. The van der Waals surface area contributed by atoms with Gasteiger partial charge in [0, 0.05) is 32.5 Å². The Balaban J connectivity index is 0. The lowest BCUT2D eigenvalue weighted by atomic mass is 9.90. The number of piperidine rings is 1. The van der Waals surface area contributed by atoms with Gasteiger partial charge in [0.1, 0.15) is 6.04 Å². The highest BCUT2D eigenvalue weighted by Gasteiger charge is 2.38. The van der Waals surface area contributed by atoms with Crippen LogP contribution >= 0.6 is 23.2 Å². The number of quaternary nitrogens is 1. The molecule has 3 amide bonds. The molecule has 6 N–H and O–H groups in total. The van der Waals surface area contributed by atoms with E-state index < -0.39 is 18.2 Å². The van der Waals surface area contributed by atoms with Crippen molar-refractivity contribution in [1.82, 2.24) is 15.5 Å². The number of benzene rings is 1. The molecule has 1 saturated heterocycles. The first-order valence-electron chi connectivity index (χ1n) is 16.5. The molecule has 0 spiro atoms. The van der Waals surface area contributed by atoms with Crippen molar-refractivity contribution < 1.29 is 43.2 Å². The minimum absolute atomic E-state index is 0.0350. The van der Waals surface area contributed by atoms with Crippen LogP contribution in [-0.4, -0.2) is 72.6 Å². The van der Waals surface area contributed by atoms with Gasteiger partial charge in [-0.05, 0) is 81.6 Å². The molecule has 9 nitrogen and oxygen atoms in total. The third kappa shape index (κ3) is 22.8. The van der Waals surface area contributed by atoms with Crippen molar-refractivity contribution in [3.05, 3.63) is 70.3 Å². The zero-order chi connectivity index (χ0) is 37.8. The number of rotatable bonds is 15. The van der Waals surface area contributed by atoms with Crippen molar-refractivity contribution in [3.63, 3.8) is 0 Å². The Labute approximate surface area is 299 Å². The first-order valence-corrected chi connectivity index (χ1v) is 17.2. The molecule has 1 heterocycles. The van der Waals surface area contributed by atoms with Crippen LogP contribution in [0.4, 0.5) is 13.2 Å². The standard InChI is InChI=1S/C28H39Cl2N3O2.C3H7NO.C2HF3O2.C2H6/c1-3-9-21(10-4-2)17-23-11-8-16-33(20-23)28(35)26(32-27(34)12-6-5-7-15-31)19-22-13-14-24(29)25(30)18-22;1-2-4-3-5;3-2(4,5)1(6)7;1-2/h3-4,9-10,13-14,18,23,26H,1,5-8,11-12,15-17,19-20,31H2,2H3,(H,32,34);3H,2H2,1H3,(H,4,5);(H,6,7);1-2H3/p+1/b10-4-,21-9+;;;. The summed E-state index contributed by atoms with van der Waals surface area (Å²) >= 11 is 12.3. The van der Waals surface area contributed by atoms with Gasteiger partial charge in [-0.3, -0.25) is 14.4 Å². The number of carboxylic acids is 1. The number of likely N-dealkylation sites (tertiary alicyclic amines) is 1. The van der Waals surface area contributed by atoms with Gasteiger partial charge in [-0.15, -0.1) is 0 Å². The summed E-state index contributed by atoms with van der Waals surface area (Å²) in [5.74, 6) is -2.51. The first kappa shape index (κ1) is 47.8. The van der Waals surface area contributed by atoms with Gasteiger partial charge in [0.2, 0.25) is 18.2 Å². The predicted molar refractivity (Wildman–Crippen MR) is 190 cm³/mol. The maximum absolute atomic E-state index is 13.6. The topological polar surface area (TPSA) is 143 Å². The highest BCUT2D eigenvalue weighted by molar-refractivity contribution is 6.42. The molecule has 1 aromatic carbocycles. The number of hydrogen-bond donors (Lipinski definition) is 4. The second kappa shape index (κ2) is 28.5. The average Bonchev–Trinajstić information content (AvgIpc) is 3.06. The van der Waals surface area contributed by atoms with Gasteiger partial charge >= 0.3 is 12.1 Å². The van der Waals surface area contributed by atoms with Crippen molar-refractivity contribution in [2.24, 2.45) is 5.92 Å². The van der Waals surface area contributed by atoms with Gasteiger partial charge < -0.3 is 26.4 Å². The Kier molecular flexibility index (Phi) is 27.8. The number of alkyl halides is 3. The smallest absolute Gasteiger partial charge is 0.475 e. The van der Waals surface area contributed by atoms with Gasteiger partial charge in [0.25, 0.3) is 0 Å². The number of hydrogen-bond acceptors (Lipinski definition) is 4. The molecule has 1 aliphatic heterocycles.